The van der Waals surface area contributed by atoms with Crippen LogP contribution < -0.4 is 16.0 Å². The molecule has 1 saturated heterocycles. The maximum absolute atomic E-state index is 11.1. The molecule has 6 heteroatoms. The molecule has 2 aromatic rings. The molecule has 1 unspecified atom stereocenters. The highest BCUT2D eigenvalue weighted by atomic mass is 16.1. The Morgan fingerprint density at radius 2 is 2.17 bits per heavy atom. The van der Waals surface area contributed by atoms with Crippen LogP contribution in [0.1, 0.15) is 28.8 Å². The van der Waals surface area contributed by atoms with Gasteiger partial charge < -0.3 is 16.0 Å². The van der Waals surface area contributed by atoms with Crippen molar-refractivity contribution in [1.82, 2.24) is 4.98 Å². The highest BCUT2D eigenvalue weighted by Crippen LogP contribution is 2.24. The van der Waals surface area contributed by atoms with Crippen LogP contribution in [0, 0.1) is 11.3 Å². The Morgan fingerprint density at radius 3 is 2.88 bits per heavy atom. The summed E-state index contributed by atoms with van der Waals surface area (Å²) >= 11 is 0. The smallest absolute Gasteiger partial charge is 0.250 e. The number of carbonyl (C=O) groups is 1. The maximum atomic E-state index is 11.1. The SMILES string of the molecule is N#Cc1ccccc1N1CCCC(Nc2ccc(C(N)=O)cn2)C1. The van der Waals surface area contributed by atoms with Crippen LogP contribution in [0.2, 0.25) is 0 Å². The van der Waals surface area contributed by atoms with Crippen LogP contribution >= 0.6 is 0 Å². The summed E-state index contributed by atoms with van der Waals surface area (Å²) in [6.07, 6.45) is 3.55. The van der Waals surface area contributed by atoms with Crippen molar-refractivity contribution >= 4 is 17.4 Å². The van der Waals surface area contributed by atoms with E-state index in [1.807, 2.05) is 24.3 Å². The average Bonchev–Trinajstić information content (AvgIpc) is 2.62. The van der Waals surface area contributed by atoms with Crippen molar-refractivity contribution in [3.63, 3.8) is 0 Å². The number of nitrogens with zero attached hydrogens (tertiary/aromatic N) is 3. The first-order valence-corrected chi connectivity index (χ1v) is 7.94. The van der Waals surface area contributed by atoms with E-state index in [1.54, 1.807) is 12.1 Å². The molecule has 122 valence electrons. The molecule has 24 heavy (non-hydrogen) atoms. The number of pyridine rings is 1. The first kappa shape index (κ1) is 15.8. The third-order valence-corrected chi connectivity index (χ3v) is 4.19. The number of nitrogens with two attached hydrogens (primary N) is 1. The largest absolute Gasteiger partial charge is 0.368 e. The minimum atomic E-state index is -0.481. The van der Waals surface area contributed by atoms with E-state index in [-0.39, 0.29) is 6.04 Å². The van der Waals surface area contributed by atoms with Crippen LogP contribution in [0.15, 0.2) is 42.6 Å². The fourth-order valence-electron chi connectivity index (χ4n) is 2.99. The van der Waals surface area contributed by atoms with Crippen LogP contribution in [0.3, 0.4) is 0 Å². The number of hydrogen-bond acceptors (Lipinski definition) is 5. The van der Waals surface area contributed by atoms with E-state index >= 15 is 0 Å². The molecule has 1 aromatic heterocycles. The van der Waals surface area contributed by atoms with E-state index in [0.717, 1.165) is 37.4 Å². The Hall–Kier alpha value is -3.07. The third-order valence-electron chi connectivity index (χ3n) is 4.19. The molecule has 1 fully saturated rings. The normalized spacial score (nSPS) is 17.1. The minimum absolute atomic E-state index is 0.234. The molecule has 1 aliphatic rings. The first-order chi connectivity index (χ1) is 11.7. The summed E-state index contributed by atoms with van der Waals surface area (Å²) in [5.41, 5.74) is 7.29. The molecule has 2 heterocycles. The van der Waals surface area contributed by atoms with Gasteiger partial charge in [0.05, 0.1) is 16.8 Å². The number of benzene rings is 1. The monoisotopic (exact) mass is 321 g/mol. The maximum Gasteiger partial charge on any atom is 0.250 e. The Bertz CT molecular complexity index is 766. The second kappa shape index (κ2) is 7.01. The van der Waals surface area contributed by atoms with E-state index in [9.17, 15) is 10.1 Å². The number of carbonyl (C=O) groups excluding carboxylic acids is 1. The number of hydrogen-bond donors (Lipinski definition) is 2. The first-order valence-electron chi connectivity index (χ1n) is 7.94. The van der Waals surface area contributed by atoms with Crippen molar-refractivity contribution in [2.75, 3.05) is 23.3 Å². The molecule has 0 spiro atoms. The molecule has 3 N–H and O–H groups in total. The van der Waals surface area contributed by atoms with Crippen LogP contribution in [0.4, 0.5) is 11.5 Å². The molecule has 3 rings (SSSR count). The lowest BCUT2D eigenvalue weighted by atomic mass is 10.0. The molecular formula is C18H19N5O. The zero-order chi connectivity index (χ0) is 16.9. The molecule has 0 saturated carbocycles. The summed E-state index contributed by atoms with van der Waals surface area (Å²) in [7, 11) is 0. The van der Waals surface area contributed by atoms with E-state index in [1.165, 1.54) is 6.20 Å². The summed E-state index contributed by atoms with van der Waals surface area (Å²) in [6.45, 7) is 1.74. The quantitative estimate of drug-likeness (QED) is 0.899. The van der Waals surface area contributed by atoms with Crippen LogP contribution in [0.5, 0.6) is 0 Å². The molecular weight excluding hydrogens is 302 g/mol. The van der Waals surface area contributed by atoms with Gasteiger partial charge in [-0.25, -0.2) is 4.98 Å². The number of nitrogens with one attached hydrogen (secondary N) is 1. The lowest BCUT2D eigenvalue weighted by molar-refractivity contribution is 0.1000. The molecule has 1 atom stereocenters. The topological polar surface area (TPSA) is 95.0 Å². The Kier molecular flexibility index (Phi) is 4.62. The molecule has 0 bridgehead atoms. The second-order valence-electron chi connectivity index (χ2n) is 5.85. The zero-order valence-corrected chi connectivity index (χ0v) is 13.3. The number of anilines is 2. The highest BCUT2D eigenvalue weighted by Gasteiger charge is 2.22. The number of nitriles is 1. The van der Waals surface area contributed by atoms with Crippen molar-refractivity contribution in [3.8, 4) is 6.07 Å². The second-order valence-corrected chi connectivity index (χ2v) is 5.85. The lowest BCUT2D eigenvalue weighted by Gasteiger charge is -2.35. The van der Waals surface area contributed by atoms with Gasteiger partial charge in [-0.1, -0.05) is 12.1 Å². The molecule has 0 aliphatic carbocycles. The van der Waals surface area contributed by atoms with Gasteiger partial charge >= 0.3 is 0 Å². The summed E-state index contributed by atoms with van der Waals surface area (Å²) in [5.74, 6) is 0.242. The molecule has 1 aliphatic heterocycles. The summed E-state index contributed by atoms with van der Waals surface area (Å²) in [5, 5.41) is 12.7. The number of primary amides is 1. The number of rotatable bonds is 4. The van der Waals surface area contributed by atoms with E-state index in [2.05, 4.69) is 21.3 Å². The molecule has 0 radical (unpaired) electrons. The molecule has 6 nitrogen and oxygen atoms in total. The number of piperidine rings is 1. The number of amides is 1. The van der Waals surface area contributed by atoms with Gasteiger partial charge in [-0.05, 0) is 37.1 Å². The van der Waals surface area contributed by atoms with Crippen molar-refractivity contribution in [3.05, 3.63) is 53.7 Å². The van der Waals surface area contributed by atoms with Gasteiger partial charge in [0.2, 0.25) is 5.91 Å². The summed E-state index contributed by atoms with van der Waals surface area (Å²) in [4.78, 5) is 17.6. The van der Waals surface area contributed by atoms with Gasteiger partial charge in [0, 0.05) is 25.3 Å². The Labute approximate surface area is 140 Å². The van der Waals surface area contributed by atoms with Crippen LogP contribution in [0.25, 0.3) is 0 Å². The van der Waals surface area contributed by atoms with Gasteiger partial charge in [-0.2, -0.15) is 5.26 Å². The van der Waals surface area contributed by atoms with Crippen LogP contribution in [-0.2, 0) is 0 Å². The van der Waals surface area contributed by atoms with E-state index in [0.29, 0.717) is 11.1 Å². The molecule has 1 aromatic carbocycles. The fourth-order valence-corrected chi connectivity index (χ4v) is 2.99. The minimum Gasteiger partial charge on any atom is -0.368 e. The predicted octanol–water partition coefficient (Wildman–Crippen LogP) is 2.13. The van der Waals surface area contributed by atoms with E-state index in [4.69, 9.17) is 5.73 Å². The van der Waals surface area contributed by atoms with Gasteiger partial charge in [-0.15, -0.1) is 0 Å². The zero-order valence-electron chi connectivity index (χ0n) is 13.3. The molecule has 1 amide bonds. The van der Waals surface area contributed by atoms with Crippen molar-refractivity contribution in [2.24, 2.45) is 5.73 Å². The highest BCUT2D eigenvalue weighted by molar-refractivity contribution is 5.92. The van der Waals surface area contributed by atoms with Gasteiger partial charge in [0.25, 0.3) is 0 Å². The third kappa shape index (κ3) is 3.46. The van der Waals surface area contributed by atoms with Crippen LogP contribution in [-0.4, -0.2) is 30.0 Å². The van der Waals surface area contributed by atoms with Crippen molar-refractivity contribution < 1.29 is 4.79 Å². The van der Waals surface area contributed by atoms with Gasteiger partial charge in [0.1, 0.15) is 11.9 Å². The predicted molar refractivity (Wildman–Crippen MR) is 92.8 cm³/mol. The number of aromatic nitrogens is 1. The fraction of sp³-hybridized carbons (Fsp3) is 0.278. The van der Waals surface area contributed by atoms with Crippen molar-refractivity contribution in [2.45, 2.75) is 18.9 Å². The lowest BCUT2D eigenvalue weighted by Crippen LogP contribution is -2.42. The standard InChI is InChI=1S/C18H19N5O/c19-10-13-4-1-2-6-16(13)23-9-3-5-15(12-23)22-17-8-7-14(11-21-17)18(20)24/h1-2,4,6-8,11,15H,3,5,9,12H2,(H2,20,24)(H,21,22). The Morgan fingerprint density at radius 1 is 1.33 bits per heavy atom. The summed E-state index contributed by atoms with van der Waals surface area (Å²) < 4.78 is 0. The Balaban J connectivity index is 1.69. The number of para-hydroxylation sites is 1. The van der Waals surface area contributed by atoms with Gasteiger partial charge in [0.15, 0.2) is 0 Å². The summed E-state index contributed by atoms with van der Waals surface area (Å²) in [6, 6.07) is 13.6. The van der Waals surface area contributed by atoms with E-state index < -0.39 is 5.91 Å². The van der Waals surface area contributed by atoms with Crippen molar-refractivity contribution in [1.29, 1.82) is 5.26 Å². The van der Waals surface area contributed by atoms with Gasteiger partial charge in [-0.3, -0.25) is 4.79 Å². The average molecular weight is 321 g/mol.